The number of hydrogen-bond donors (Lipinski definition) is 3. The third-order valence-electron chi connectivity index (χ3n) is 3.59. The molecular weight excluding hydrogens is 380 g/mol. The average molecular weight is 410 g/mol. The number of esters is 1. The van der Waals surface area contributed by atoms with Crippen LogP contribution in [0.3, 0.4) is 0 Å². The van der Waals surface area contributed by atoms with Crippen LogP contribution in [0.5, 0.6) is 11.5 Å². The van der Waals surface area contributed by atoms with Gasteiger partial charge in [-0.2, -0.15) is 0 Å². The molecule has 0 radical (unpaired) electrons. The first kappa shape index (κ1) is 24.1. The van der Waals surface area contributed by atoms with Crippen LogP contribution in [0.4, 0.5) is 4.79 Å². The molecule has 3 N–H and O–H groups in total. The standard InChI is InChI=1S/C20H30N2O7/c1-20(2,3)29-19(26)22-13-16(24)21-11-6-5-7-12-28-15-10-8-9-14(23)17(15)18(25)27-4/h8-10,23H,5-7,11-13H2,1-4H3,(H,21,24)(H,22,26). The maximum absolute atomic E-state index is 11.7. The van der Waals surface area contributed by atoms with E-state index in [9.17, 15) is 19.5 Å². The minimum atomic E-state index is -0.666. The fourth-order valence-corrected chi connectivity index (χ4v) is 2.29. The number of phenols is 1. The van der Waals surface area contributed by atoms with Crippen LogP contribution in [0, 0.1) is 0 Å². The minimum absolute atomic E-state index is 0.000231. The number of benzene rings is 1. The highest BCUT2D eigenvalue weighted by atomic mass is 16.6. The Kier molecular flexibility index (Phi) is 9.78. The predicted molar refractivity (Wildman–Crippen MR) is 106 cm³/mol. The number of methoxy groups -OCH3 is 1. The molecule has 0 atom stereocenters. The van der Waals surface area contributed by atoms with E-state index in [1.165, 1.54) is 13.2 Å². The van der Waals surface area contributed by atoms with Crippen LogP contribution in [0.1, 0.15) is 50.4 Å². The van der Waals surface area contributed by atoms with Crippen molar-refractivity contribution in [1.82, 2.24) is 10.6 Å². The van der Waals surface area contributed by atoms with Gasteiger partial charge in [0.05, 0.1) is 20.3 Å². The zero-order valence-electron chi connectivity index (χ0n) is 17.4. The van der Waals surface area contributed by atoms with E-state index in [1.807, 2.05) is 0 Å². The second-order valence-corrected chi connectivity index (χ2v) is 7.26. The number of phenolic OH excluding ortho intramolecular Hbond substituents is 1. The lowest BCUT2D eigenvalue weighted by atomic mass is 10.2. The molecule has 1 aromatic carbocycles. The van der Waals surface area contributed by atoms with E-state index in [-0.39, 0.29) is 29.5 Å². The SMILES string of the molecule is COC(=O)c1c(O)cccc1OCCCCCNC(=O)CNC(=O)OC(C)(C)C. The van der Waals surface area contributed by atoms with Crippen LogP contribution in [-0.4, -0.2) is 55.5 Å². The Hall–Kier alpha value is -2.97. The number of nitrogens with one attached hydrogen (secondary N) is 2. The van der Waals surface area contributed by atoms with E-state index in [0.29, 0.717) is 19.6 Å². The number of rotatable bonds is 10. The van der Waals surface area contributed by atoms with Crippen molar-refractivity contribution in [1.29, 1.82) is 0 Å². The highest BCUT2D eigenvalue weighted by Gasteiger charge is 2.18. The summed E-state index contributed by atoms with van der Waals surface area (Å²) < 4.78 is 15.3. The van der Waals surface area contributed by atoms with Gasteiger partial charge in [0.25, 0.3) is 0 Å². The fraction of sp³-hybridized carbons (Fsp3) is 0.550. The van der Waals surface area contributed by atoms with Gasteiger partial charge in [0.1, 0.15) is 22.7 Å². The van der Waals surface area contributed by atoms with Gasteiger partial charge in [0.2, 0.25) is 5.91 Å². The maximum atomic E-state index is 11.7. The Morgan fingerprint density at radius 3 is 2.45 bits per heavy atom. The van der Waals surface area contributed by atoms with Gasteiger partial charge >= 0.3 is 12.1 Å². The van der Waals surface area contributed by atoms with Gasteiger partial charge in [-0.05, 0) is 52.2 Å². The van der Waals surface area contributed by atoms with Gasteiger partial charge in [-0.15, -0.1) is 0 Å². The molecule has 29 heavy (non-hydrogen) atoms. The van der Waals surface area contributed by atoms with Gasteiger partial charge in [-0.3, -0.25) is 4.79 Å². The third-order valence-corrected chi connectivity index (χ3v) is 3.59. The molecular formula is C20H30N2O7. The predicted octanol–water partition coefficient (Wildman–Crippen LogP) is 2.37. The molecule has 0 aliphatic carbocycles. The van der Waals surface area contributed by atoms with Crippen LogP contribution in [-0.2, 0) is 14.3 Å². The Bertz CT molecular complexity index is 699. The Morgan fingerprint density at radius 1 is 1.07 bits per heavy atom. The zero-order valence-corrected chi connectivity index (χ0v) is 17.4. The van der Waals surface area contributed by atoms with Crippen molar-refractivity contribution >= 4 is 18.0 Å². The number of hydrogen-bond acceptors (Lipinski definition) is 7. The molecule has 0 heterocycles. The monoisotopic (exact) mass is 410 g/mol. The summed E-state index contributed by atoms with van der Waals surface area (Å²) >= 11 is 0. The molecule has 0 saturated carbocycles. The summed E-state index contributed by atoms with van der Waals surface area (Å²) in [6.07, 6.45) is 1.57. The summed E-state index contributed by atoms with van der Waals surface area (Å²) in [5, 5.41) is 14.9. The van der Waals surface area contributed by atoms with Gasteiger partial charge in [-0.25, -0.2) is 9.59 Å². The van der Waals surface area contributed by atoms with E-state index < -0.39 is 17.7 Å². The second-order valence-electron chi connectivity index (χ2n) is 7.26. The fourth-order valence-electron chi connectivity index (χ4n) is 2.29. The average Bonchev–Trinajstić information content (AvgIpc) is 2.63. The van der Waals surface area contributed by atoms with Crippen molar-refractivity contribution in [2.45, 2.75) is 45.6 Å². The Labute approximate surface area is 170 Å². The summed E-state index contributed by atoms with van der Waals surface area (Å²) in [6.45, 7) is 5.90. The van der Waals surface area contributed by atoms with Gasteiger partial charge in [-0.1, -0.05) is 6.07 Å². The molecule has 0 aliphatic heterocycles. The van der Waals surface area contributed by atoms with Gasteiger partial charge in [0.15, 0.2) is 0 Å². The quantitative estimate of drug-likeness (QED) is 0.400. The van der Waals surface area contributed by atoms with Crippen molar-refractivity contribution in [2.75, 3.05) is 26.8 Å². The van der Waals surface area contributed by atoms with E-state index in [1.54, 1.807) is 32.9 Å². The first-order valence-corrected chi connectivity index (χ1v) is 9.40. The van der Waals surface area contributed by atoms with Crippen molar-refractivity contribution in [3.05, 3.63) is 23.8 Å². The van der Waals surface area contributed by atoms with Crippen molar-refractivity contribution in [2.24, 2.45) is 0 Å². The molecule has 0 bridgehead atoms. The molecule has 0 aromatic heterocycles. The van der Waals surface area contributed by atoms with Crippen LogP contribution >= 0.6 is 0 Å². The number of carbonyl (C=O) groups is 3. The highest BCUT2D eigenvalue weighted by molar-refractivity contribution is 5.95. The first-order valence-electron chi connectivity index (χ1n) is 9.40. The molecule has 0 aliphatic rings. The largest absolute Gasteiger partial charge is 0.507 e. The lowest BCUT2D eigenvalue weighted by Crippen LogP contribution is -2.39. The normalized spacial score (nSPS) is 10.8. The molecule has 0 fully saturated rings. The van der Waals surface area contributed by atoms with E-state index >= 15 is 0 Å². The molecule has 162 valence electrons. The molecule has 0 unspecified atom stereocenters. The molecule has 0 saturated heterocycles. The molecule has 1 aromatic rings. The molecule has 9 heteroatoms. The number of amides is 2. The van der Waals surface area contributed by atoms with Gasteiger partial charge < -0.3 is 30.0 Å². The van der Waals surface area contributed by atoms with Crippen molar-refractivity contribution in [3.8, 4) is 11.5 Å². The van der Waals surface area contributed by atoms with E-state index in [2.05, 4.69) is 15.4 Å². The molecule has 1 rings (SSSR count). The smallest absolute Gasteiger partial charge is 0.408 e. The first-order chi connectivity index (χ1) is 13.6. The summed E-state index contributed by atoms with van der Waals surface area (Å²) in [5.41, 5.74) is -0.613. The van der Waals surface area contributed by atoms with E-state index in [0.717, 1.165) is 12.8 Å². The number of aromatic hydroxyl groups is 1. The summed E-state index contributed by atoms with van der Waals surface area (Å²) in [5.74, 6) is -0.897. The topological polar surface area (TPSA) is 123 Å². The number of ether oxygens (including phenoxy) is 3. The Morgan fingerprint density at radius 2 is 1.79 bits per heavy atom. The minimum Gasteiger partial charge on any atom is -0.507 e. The summed E-state index contributed by atoms with van der Waals surface area (Å²) in [6, 6.07) is 4.56. The molecule has 2 amide bonds. The number of alkyl carbamates (subject to hydrolysis) is 1. The van der Waals surface area contributed by atoms with Gasteiger partial charge in [0, 0.05) is 6.54 Å². The zero-order chi connectivity index (χ0) is 21.9. The number of unbranched alkanes of at least 4 members (excludes halogenated alkanes) is 2. The van der Waals surface area contributed by atoms with Crippen LogP contribution < -0.4 is 15.4 Å². The number of carbonyl (C=O) groups excluding carboxylic acids is 3. The second kappa shape index (κ2) is 11.8. The lowest BCUT2D eigenvalue weighted by Gasteiger charge is -2.19. The maximum Gasteiger partial charge on any atom is 0.408 e. The lowest BCUT2D eigenvalue weighted by molar-refractivity contribution is -0.120. The Balaban J connectivity index is 2.19. The molecule has 9 nitrogen and oxygen atoms in total. The highest BCUT2D eigenvalue weighted by Crippen LogP contribution is 2.28. The van der Waals surface area contributed by atoms with E-state index in [4.69, 9.17) is 9.47 Å². The third kappa shape index (κ3) is 9.68. The summed E-state index contributed by atoms with van der Waals surface area (Å²) in [7, 11) is 1.23. The van der Waals surface area contributed by atoms with Crippen molar-refractivity contribution in [3.63, 3.8) is 0 Å². The van der Waals surface area contributed by atoms with Crippen molar-refractivity contribution < 1.29 is 33.7 Å². The van der Waals surface area contributed by atoms with Crippen LogP contribution in [0.15, 0.2) is 18.2 Å². The van der Waals surface area contributed by atoms with Crippen LogP contribution in [0.25, 0.3) is 0 Å². The molecule has 0 spiro atoms. The summed E-state index contributed by atoms with van der Waals surface area (Å²) in [4.78, 5) is 34.9. The van der Waals surface area contributed by atoms with Crippen LogP contribution in [0.2, 0.25) is 0 Å².